The maximum Gasteiger partial charge on any atom is 0.227 e. The van der Waals surface area contributed by atoms with E-state index in [-0.39, 0.29) is 17.9 Å². The van der Waals surface area contributed by atoms with Crippen LogP contribution in [0.2, 0.25) is 10.0 Å². The highest BCUT2D eigenvalue weighted by Crippen LogP contribution is 2.27. The fourth-order valence-electron chi connectivity index (χ4n) is 3.33. The molecular formula is C19H24Cl2N6O. The largest absolute Gasteiger partial charge is 0.357 e. The molecule has 0 unspecified atom stereocenters. The lowest BCUT2D eigenvalue weighted by atomic mass is 9.85. The van der Waals surface area contributed by atoms with Gasteiger partial charge >= 0.3 is 0 Å². The highest BCUT2D eigenvalue weighted by molar-refractivity contribution is 6.35. The lowest BCUT2D eigenvalue weighted by Crippen LogP contribution is -2.36. The Balaban J connectivity index is 1.48. The predicted octanol–water partition coefficient (Wildman–Crippen LogP) is 3.82. The number of hydrogen-bond acceptors (Lipinski definition) is 6. The van der Waals surface area contributed by atoms with Gasteiger partial charge in [0, 0.05) is 35.6 Å². The van der Waals surface area contributed by atoms with Crippen molar-refractivity contribution in [3.8, 4) is 0 Å². The van der Waals surface area contributed by atoms with Crippen molar-refractivity contribution in [3.63, 3.8) is 0 Å². The van der Waals surface area contributed by atoms with Gasteiger partial charge in [0.05, 0.1) is 0 Å². The summed E-state index contributed by atoms with van der Waals surface area (Å²) in [5.74, 6) is 1.86. The number of aromatic nitrogens is 3. The second-order valence-electron chi connectivity index (χ2n) is 6.93. The van der Waals surface area contributed by atoms with Crippen LogP contribution in [0.5, 0.6) is 0 Å². The molecule has 1 heterocycles. The van der Waals surface area contributed by atoms with E-state index in [9.17, 15) is 4.79 Å². The van der Waals surface area contributed by atoms with Crippen LogP contribution in [-0.4, -0.2) is 33.9 Å². The molecule has 1 aromatic heterocycles. The van der Waals surface area contributed by atoms with Gasteiger partial charge in [-0.1, -0.05) is 29.3 Å². The number of nitrogens with one attached hydrogen (secondary N) is 3. The number of aryl methyl sites for hydroxylation is 1. The van der Waals surface area contributed by atoms with E-state index in [0.717, 1.165) is 31.2 Å². The molecule has 0 aliphatic heterocycles. The number of carbonyl (C=O) groups excluding carboxylic acids is 1. The molecule has 28 heavy (non-hydrogen) atoms. The zero-order chi connectivity index (χ0) is 20.1. The molecule has 1 saturated carbocycles. The van der Waals surface area contributed by atoms with Crippen LogP contribution < -0.4 is 16.0 Å². The van der Waals surface area contributed by atoms with Crippen LogP contribution in [0.25, 0.3) is 0 Å². The van der Waals surface area contributed by atoms with E-state index in [2.05, 4.69) is 30.9 Å². The third-order valence-corrected chi connectivity index (χ3v) is 5.46. The van der Waals surface area contributed by atoms with Gasteiger partial charge in [0.25, 0.3) is 0 Å². The molecule has 7 nitrogen and oxygen atoms in total. The number of hydrogen-bond donors (Lipinski definition) is 3. The van der Waals surface area contributed by atoms with Crippen molar-refractivity contribution in [2.75, 3.05) is 17.7 Å². The first-order valence-electron chi connectivity index (χ1n) is 9.33. The normalized spacial score (nSPS) is 19.1. The molecule has 1 fully saturated rings. The fraction of sp³-hybridized carbons (Fsp3) is 0.474. The summed E-state index contributed by atoms with van der Waals surface area (Å²) in [7, 11) is 1.78. The Kier molecular flexibility index (Phi) is 6.91. The lowest BCUT2D eigenvalue weighted by Gasteiger charge is -2.28. The Morgan fingerprint density at radius 1 is 1.11 bits per heavy atom. The van der Waals surface area contributed by atoms with Gasteiger partial charge in [-0.3, -0.25) is 4.79 Å². The fourth-order valence-corrected chi connectivity index (χ4v) is 3.81. The van der Waals surface area contributed by atoms with Crippen LogP contribution in [-0.2, 0) is 11.3 Å². The number of nitrogens with zero attached hydrogens (tertiary/aromatic N) is 3. The monoisotopic (exact) mass is 422 g/mol. The minimum atomic E-state index is 0.0112. The topological polar surface area (TPSA) is 91.8 Å². The Hall–Kier alpha value is -2.12. The molecular weight excluding hydrogens is 399 g/mol. The van der Waals surface area contributed by atoms with Crippen LogP contribution in [0, 0.1) is 12.8 Å². The van der Waals surface area contributed by atoms with Crippen molar-refractivity contribution in [3.05, 3.63) is 39.6 Å². The van der Waals surface area contributed by atoms with E-state index in [0.29, 0.717) is 34.3 Å². The van der Waals surface area contributed by atoms with Gasteiger partial charge in [-0.15, -0.1) is 0 Å². The Morgan fingerprint density at radius 2 is 1.82 bits per heavy atom. The van der Waals surface area contributed by atoms with Crippen LogP contribution in [0.1, 0.15) is 37.1 Å². The number of anilines is 2. The van der Waals surface area contributed by atoms with Crippen LogP contribution in [0.4, 0.5) is 11.9 Å². The molecule has 0 saturated heterocycles. The highest BCUT2D eigenvalue weighted by Gasteiger charge is 2.26. The van der Waals surface area contributed by atoms with Crippen LogP contribution in [0.3, 0.4) is 0 Å². The van der Waals surface area contributed by atoms with Gasteiger partial charge in [0.15, 0.2) is 0 Å². The standard InChI is InChI=1S/C19H24Cl2N6O/c1-11-24-18(22-2)27-19(25-11)26-15-7-4-12(5-8-15)17(28)23-10-13-3-6-14(20)9-16(13)21/h3,6,9,12,15H,4-5,7-8,10H2,1-2H3,(H,23,28)(H2,22,24,25,26,27)/t12-,15-. The predicted molar refractivity (Wildman–Crippen MR) is 112 cm³/mol. The van der Waals surface area contributed by atoms with Crippen molar-refractivity contribution < 1.29 is 4.79 Å². The lowest BCUT2D eigenvalue weighted by molar-refractivity contribution is -0.126. The number of rotatable bonds is 6. The molecule has 1 aromatic carbocycles. The van der Waals surface area contributed by atoms with E-state index in [1.807, 2.05) is 13.0 Å². The van der Waals surface area contributed by atoms with Gasteiger partial charge in [-0.2, -0.15) is 15.0 Å². The molecule has 1 aliphatic carbocycles. The summed E-state index contributed by atoms with van der Waals surface area (Å²) >= 11 is 12.1. The maximum absolute atomic E-state index is 12.5. The number of amides is 1. The molecule has 0 spiro atoms. The van der Waals surface area contributed by atoms with E-state index in [4.69, 9.17) is 23.2 Å². The average Bonchev–Trinajstić information content (AvgIpc) is 2.67. The van der Waals surface area contributed by atoms with Gasteiger partial charge in [-0.25, -0.2) is 0 Å². The second kappa shape index (κ2) is 9.39. The highest BCUT2D eigenvalue weighted by atomic mass is 35.5. The first kappa shape index (κ1) is 20.6. The molecule has 150 valence electrons. The molecule has 0 atom stereocenters. The smallest absolute Gasteiger partial charge is 0.227 e. The first-order chi connectivity index (χ1) is 13.4. The zero-order valence-electron chi connectivity index (χ0n) is 15.9. The molecule has 0 bridgehead atoms. The van der Waals surface area contributed by atoms with Gasteiger partial charge in [0.1, 0.15) is 5.82 Å². The number of carbonyl (C=O) groups is 1. The summed E-state index contributed by atoms with van der Waals surface area (Å²) < 4.78 is 0. The minimum Gasteiger partial charge on any atom is -0.357 e. The van der Waals surface area contributed by atoms with Gasteiger partial charge in [0.2, 0.25) is 17.8 Å². The minimum absolute atomic E-state index is 0.0112. The van der Waals surface area contributed by atoms with E-state index < -0.39 is 0 Å². The van der Waals surface area contributed by atoms with E-state index in [1.54, 1.807) is 19.2 Å². The van der Waals surface area contributed by atoms with Crippen molar-refractivity contribution in [1.29, 1.82) is 0 Å². The molecule has 0 radical (unpaired) electrons. The average molecular weight is 423 g/mol. The molecule has 1 aliphatic rings. The zero-order valence-corrected chi connectivity index (χ0v) is 17.4. The number of benzene rings is 1. The van der Waals surface area contributed by atoms with Crippen molar-refractivity contribution in [2.45, 2.75) is 45.2 Å². The maximum atomic E-state index is 12.5. The van der Waals surface area contributed by atoms with Crippen molar-refractivity contribution in [1.82, 2.24) is 20.3 Å². The summed E-state index contributed by atoms with van der Waals surface area (Å²) in [6.07, 6.45) is 3.42. The molecule has 1 amide bonds. The van der Waals surface area contributed by atoms with E-state index in [1.165, 1.54) is 0 Å². The number of halogens is 2. The Labute approximate surface area is 174 Å². The summed E-state index contributed by atoms with van der Waals surface area (Å²) in [5.41, 5.74) is 0.861. The quantitative estimate of drug-likeness (QED) is 0.655. The molecule has 2 aromatic rings. The summed E-state index contributed by atoms with van der Waals surface area (Å²) in [6.45, 7) is 2.24. The second-order valence-corrected chi connectivity index (χ2v) is 7.77. The van der Waals surface area contributed by atoms with E-state index >= 15 is 0 Å². The Bertz CT molecular complexity index is 839. The summed E-state index contributed by atoms with van der Waals surface area (Å²) in [5, 5.41) is 10.4. The van der Waals surface area contributed by atoms with Crippen molar-refractivity contribution in [2.24, 2.45) is 5.92 Å². The summed E-state index contributed by atoms with van der Waals surface area (Å²) in [4.78, 5) is 25.4. The van der Waals surface area contributed by atoms with Gasteiger partial charge < -0.3 is 16.0 Å². The first-order valence-corrected chi connectivity index (χ1v) is 10.1. The molecule has 3 N–H and O–H groups in total. The van der Waals surface area contributed by atoms with Gasteiger partial charge in [-0.05, 0) is 50.3 Å². The molecule has 3 rings (SSSR count). The van der Waals surface area contributed by atoms with Crippen molar-refractivity contribution >= 4 is 41.0 Å². The van der Waals surface area contributed by atoms with Crippen LogP contribution >= 0.6 is 23.2 Å². The summed E-state index contributed by atoms with van der Waals surface area (Å²) in [6, 6.07) is 5.54. The Morgan fingerprint density at radius 3 is 2.50 bits per heavy atom. The SMILES string of the molecule is CNc1nc(C)nc(N[C@H]2CC[C@H](C(=O)NCc3ccc(Cl)cc3Cl)CC2)n1. The molecule has 9 heteroatoms. The van der Waals surface area contributed by atoms with Crippen LogP contribution in [0.15, 0.2) is 18.2 Å². The third kappa shape index (κ3) is 5.45. The third-order valence-electron chi connectivity index (χ3n) is 4.87.